The highest BCUT2D eigenvalue weighted by Crippen LogP contribution is 2.27. The molecule has 1 unspecified atom stereocenters. The predicted octanol–water partition coefficient (Wildman–Crippen LogP) is 3.20. The zero-order chi connectivity index (χ0) is 14.7. The number of ether oxygens (including phenoxy) is 1. The Bertz CT molecular complexity index is 594. The summed E-state index contributed by atoms with van der Waals surface area (Å²) in [5.74, 6) is 2.68. The zero-order valence-corrected chi connectivity index (χ0v) is 12.7. The summed E-state index contributed by atoms with van der Waals surface area (Å²) >= 11 is 0. The summed E-state index contributed by atoms with van der Waals surface area (Å²) in [5.41, 5.74) is 1.28. The first-order valence-corrected chi connectivity index (χ1v) is 7.53. The van der Waals surface area contributed by atoms with E-state index in [9.17, 15) is 0 Å². The summed E-state index contributed by atoms with van der Waals surface area (Å²) in [6.45, 7) is 3.85. The molecule has 0 bridgehead atoms. The molecule has 0 spiro atoms. The topological polar surface area (TPSA) is 38.5 Å². The van der Waals surface area contributed by atoms with Gasteiger partial charge in [0.05, 0.1) is 19.9 Å². The van der Waals surface area contributed by atoms with E-state index in [1.807, 2.05) is 19.1 Å². The molecule has 2 heterocycles. The van der Waals surface area contributed by atoms with Crippen LogP contribution in [-0.2, 0) is 13.0 Å². The number of methoxy groups -OCH3 is 1. The summed E-state index contributed by atoms with van der Waals surface area (Å²) in [4.78, 5) is 6.79. The summed E-state index contributed by atoms with van der Waals surface area (Å²) in [7, 11) is 1.74. The summed E-state index contributed by atoms with van der Waals surface area (Å²) in [5, 5.41) is 0. The lowest BCUT2D eigenvalue weighted by atomic mass is 10.0. The smallest absolute Gasteiger partial charge is 0.208 e. The van der Waals surface area contributed by atoms with Gasteiger partial charge in [-0.15, -0.1) is 0 Å². The zero-order valence-electron chi connectivity index (χ0n) is 12.7. The third kappa shape index (κ3) is 3.27. The summed E-state index contributed by atoms with van der Waals surface area (Å²) < 4.78 is 11.1. The van der Waals surface area contributed by atoms with Gasteiger partial charge in [-0.3, -0.25) is 4.90 Å². The Hall–Kier alpha value is -1.81. The first-order valence-electron chi connectivity index (χ1n) is 7.53. The van der Waals surface area contributed by atoms with Crippen molar-refractivity contribution in [3.8, 4) is 5.75 Å². The van der Waals surface area contributed by atoms with Gasteiger partial charge in [-0.25, -0.2) is 4.98 Å². The maximum Gasteiger partial charge on any atom is 0.208 e. The largest absolute Gasteiger partial charge is 0.496 e. The van der Waals surface area contributed by atoms with Gasteiger partial charge in [-0.1, -0.05) is 18.2 Å². The first kappa shape index (κ1) is 14.1. The molecule has 0 N–H and O–H groups in total. The molecule has 4 nitrogen and oxygen atoms in total. The van der Waals surface area contributed by atoms with Crippen molar-refractivity contribution in [3.05, 3.63) is 47.7 Å². The van der Waals surface area contributed by atoms with Crippen molar-refractivity contribution < 1.29 is 9.15 Å². The number of rotatable bonds is 5. The molecule has 4 heteroatoms. The van der Waals surface area contributed by atoms with E-state index in [1.54, 1.807) is 13.3 Å². The van der Waals surface area contributed by atoms with Crippen LogP contribution in [0, 0.1) is 6.92 Å². The van der Waals surface area contributed by atoms with Crippen LogP contribution in [0.2, 0.25) is 0 Å². The number of hydrogen-bond donors (Lipinski definition) is 0. The molecule has 0 radical (unpaired) electrons. The molecular weight excluding hydrogens is 264 g/mol. The van der Waals surface area contributed by atoms with E-state index in [1.165, 1.54) is 18.4 Å². The van der Waals surface area contributed by atoms with E-state index < -0.39 is 0 Å². The third-order valence-electron chi connectivity index (χ3n) is 4.15. The Balaban J connectivity index is 1.69. The van der Waals surface area contributed by atoms with Crippen molar-refractivity contribution in [2.75, 3.05) is 13.7 Å². The van der Waals surface area contributed by atoms with Gasteiger partial charge in [0.25, 0.3) is 0 Å². The standard InChI is InChI=1S/C17H22N2O2/c1-13-11-18-17(21-13)12-19-9-5-7-15(19)10-14-6-3-4-8-16(14)20-2/h3-4,6,8,11,15H,5,7,9-10,12H2,1-2H3. The maximum atomic E-state index is 5.61. The Morgan fingerprint density at radius 1 is 1.38 bits per heavy atom. The summed E-state index contributed by atoms with van der Waals surface area (Å²) in [6.07, 6.45) is 5.27. The van der Waals surface area contributed by atoms with Gasteiger partial charge in [-0.05, 0) is 44.4 Å². The highest BCUT2D eigenvalue weighted by Gasteiger charge is 2.26. The quantitative estimate of drug-likeness (QED) is 0.846. The van der Waals surface area contributed by atoms with E-state index in [4.69, 9.17) is 9.15 Å². The lowest BCUT2D eigenvalue weighted by Crippen LogP contribution is -2.30. The number of hydrogen-bond acceptors (Lipinski definition) is 4. The van der Waals surface area contributed by atoms with Gasteiger partial charge >= 0.3 is 0 Å². The van der Waals surface area contributed by atoms with Gasteiger partial charge in [0.15, 0.2) is 0 Å². The molecule has 3 rings (SSSR count). The molecule has 21 heavy (non-hydrogen) atoms. The van der Waals surface area contributed by atoms with E-state index >= 15 is 0 Å². The van der Waals surface area contributed by atoms with Crippen LogP contribution in [0.25, 0.3) is 0 Å². The van der Waals surface area contributed by atoms with Crippen LogP contribution in [0.3, 0.4) is 0 Å². The number of para-hydroxylation sites is 1. The van der Waals surface area contributed by atoms with Crippen molar-refractivity contribution in [2.45, 2.75) is 38.8 Å². The molecule has 0 amide bonds. The minimum Gasteiger partial charge on any atom is -0.496 e. The lowest BCUT2D eigenvalue weighted by Gasteiger charge is -2.23. The maximum absolute atomic E-state index is 5.61. The predicted molar refractivity (Wildman–Crippen MR) is 81.4 cm³/mol. The van der Waals surface area contributed by atoms with Crippen LogP contribution >= 0.6 is 0 Å². The van der Waals surface area contributed by atoms with E-state index in [2.05, 4.69) is 22.0 Å². The molecule has 112 valence electrons. The van der Waals surface area contributed by atoms with Crippen LogP contribution in [0.5, 0.6) is 5.75 Å². The molecule has 0 saturated carbocycles. The molecule has 1 aromatic heterocycles. The number of oxazole rings is 1. The van der Waals surface area contributed by atoms with Gasteiger partial charge in [0, 0.05) is 6.04 Å². The molecule has 1 aliphatic heterocycles. The van der Waals surface area contributed by atoms with Crippen LogP contribution in [0.4, 0.5) is 0 Å². The second kappa shape index (κ2) is 6.31. The SMILES string of the molecule is COc1ccccc1CC1CCCN1Cc1ncc(C)o1. The van der Waals surface area contributed by atoms with Crippen molar-refractivity contribution >= 4 is 0 Å². The highest BCUT2D eigenvalue weighted by molar-refractivity contribution is 5.34. The number of aryl methyl sites for hydroxylation is 1. The Kier molecular flexibility index (Phi) is 4.25. The van der Waals surface area contributed by atoms with E-state index in [-0.39, 0.29) is 0 Å². The molecule has 1 aromatic carbocycles. The van der Waals surface area contributed by atoms with Crippen molar-refractivity contribution in [2.24, 2.45) is 0 Å². The molecule has 2 aromatic rings. The lowest BCUT2D eigenvalue weighted by molar-refractivity contribution is 0.218. The van der Waals surface area contributed by atoms with Gasteiger partial charge in [0.2, 0.25) is 5.89 Å². The molecule has 0 aliphatic carbocycles. The van der Waals surface area contributed by atoms with Crippen molar-refractivity contribution in [1.82, 2.24) is 9.88 Å². The van der Waals surface area contributed by atoms with Gasteiger partial charge in [-0.2, -0.15) is 0 Å². The third-order valence-corrected chi connectivity index (χ3v) is 4.15. The summed E-state index contributed by atoms with van der Waals surface area (Å²) in [6, 6.07) is 8.82. The Morgan fingerprint density at radius 3 is 3.00 bits per heavy atom. The Morgan fingerprint density at radius 2 is 2.24 bits per heavy atom. The van der Waals surface area contributed by atoms with Crippen molar-refractivity contribution in [1.29, 1.82) is 0 Å². The minimum atomic E-state index is 0.536. The van der Waals surface area contributed by atoms with Crippen molar-refractivity contribution in [3.63, 3.8) is 0 Å². The number of aromatic nitrogens is 1. The van der Waals surface area contributed by atoms with Gasteiger partial charge < -0.3 is 9.15 Å². The second-order valence-electron chi connectivity index (χ2n) is 5.65. The molecule has 1 fully saturated rings. The molecule has 1 saturated heterocycles. The number of nitrogens with zero attached hydrogens (tertiary/aromatic N) is 2. The van der Waals surface area contributed by atoms with Crippen LogP contribution in [0.1, 0.15) is 30.1 Å². The molecule has 1 atom stereocenters. The average Bonchev–Trinajstić information content (AvgIpc) is 3.10. The fraction of sp³-hybridized carbons (Fsp3) is 0.471. The average molecular weight is 286 g/mol. The van der Waals surface area contributed by atoms with E-state index in [0.717, 1.165) is 36.9 Å². The number of benzene rings is 1. The normalized spacial score (nSPS) is 19.0. The second-order valence-corrected chi connectivity index (χ2v) is 5.65. The highest BCUT2D eigenvalue weighted by atomic mass is 16.5. The molecular formula is C17H22N2O2. The first-order chi connectivity index (χ1) is 10.3. The Labute approximate surface area is 125 Å². The van der Waals surface area contributed by atoms with Crippen LogP contribution in [-0.4, -0.2) is 29.6 Å². The van der Waals surface area contributed by atoms with Crippen LogP contribution < -0.4 is 4.74 Å². The van der Waals surface area contributed by atoms with Gasteiger partial charge in [0.1, 0.15) is 11.5 Å². The fourth-order valence-electron chi connectivity index (χ4n) is 3.11. The number of likely N-dealkylation sites (tertiary alicyclic amines) is 1. The minimum absolute atomic E-state index is 0.536. The fourth-order valence-corrected chi connectivity index (χ4v) is 3.11. The van der Waals surface area contributed by atoms with Crippen LogP contribution in [0.15, 0.2) is 34.9 Å². The molecule has 1 aliphatic rings. The van der Waals surface area contributed by atoms with E-state index in [0.29, 0.717) is 6.04 Å². The monoisotopic (exact) mass is 286 g/mol.